The molecule has 9 nitrogen and oxygen atoms in total. The molecule has 0 saturated carbocycles. The number of ether oxygens (including phenoxy) is 1. The predicted molar refractivity (Wildman–Crippen MR) is 95.6 cm³/mol. The molecule has 0 aromatic carbocycles. The fourth-order valence-electron chi connectivity index (χ4n) is 2.74. The van der Waals surface area contributed by atoms with Gasteiger partial charge in [-0.1, -0.05) is 17.4 Å². The number of hydrogen-bond donors (Lipinski definition) is 2. The molecular formula is C15H19N5O4S. The Balaban J connectivity index is 2.09. The van der Waals surface area contributed by atoms with Crippen LogP contribution < -0.4 is 10.4 Å². The molecule has 1 saturated heterocycles. The zero-order valence-electron chi connectivity index (χ0n) is 13.9. The predicted octanol–water partition coefficient (Wildman–Crippen LogP) is 0.450. The SMILES string of the molecule is C=C[C@H]1C[C@H](n2c(=O)sc3c(=O)[nH]c(/N=C\N(C)C)nc32)O[C@@H]1CO. The van der Waals surface area contributed by atoms with Crippen molar-refractivity contribution < 1.29 is 9.84 Å². The van der Waals surface area contributed by atoms with Gasteiger partial charge in [0.1, 0.15) is 10.9 Å². The zero-order valence-corrected chi connectivity index (χ0v) is 14.7. The minimum absolute atomic E-state index is 0.0786. The van der Waals surface area contributed by atoms with Gasteiger partial charge in [0.15, 0.2) is 5.65 Å². The maximum absolute atomic E-state index is 12.4. The first kappa shape index (κ1) is 17.5. The third kappa shape index (κ3) is 3.28. The van der Waals surface area contributed by atoms with Gasteiger partial charge in [-0.2, -0.15) is 4.98 Å². The van der Waals surface area contributed by atoms with Crippen LogP contribution in [0.15, 0.2) is 27.2 Å². The first-order chi connectivity index (χ1) is 11.9. The summed E-state index contributed by atoms with van der Waals surface area (Å²) in [6.07, 6.45) is 2.64. The van der Waals surface area contributed by atoms with E-state index in [9.17, 15) is 14.7 Å². The van der Waals surface area contributed by atoms with Crippen molar-refractivity contribution >= 4 is 34.0 Å². The Morgan fingerprint density at radius 1 is 1.56 bits per heavy atom. The second-order valence-corrected chi connectivity index (χ2v) is 6.90. The molecule has 0 amide bonds. The first-order valence-corrected chi connectivity index (χ1v) is 8.51. The van der Waals surface area contributed by atoms with Crippen LogP contribution in [-0.4, -0.2) is 57.7 Å². The largest absolute Gasteiger partial charge is 0.394 e. The van der Waals surface area contributed by atoms with Gasteiger partial charge >= 0.3 is 4.87 Å². The average Bonchev–Trinajstić information content (AvgIpc) is 3.12. The van der Waals surface area contributed by atoms with Crippen LogP contribution in [0.3, 0.4) is 0 Å². The summed E-state index contributed by atoms with van der Waals surface area (Å²) in [7, 11) is 3.58. The fraction of sp³-hybridized carbons (Fsp3) is 0.467. The number of nitrogens with zero attached hydrogens (tertiary/aromatic N) is 4. The Labute approximate surface area is 146 Å². The smallest absolute Gasteiger partial charge is 0.311 e. The highest BCUT2D eigenvalue weighted by molar-refractivity contribution is 7.16. The molecule has 1 aliphatic heterocycles. The van der Waals surface area contributed by atoms with Gasteiger partial charge in [-0.3, -0.25) is 19.1 Å². The molecule has 0 unspecified atom stereocenters. The lowest BCUT2D eigenvalue weighted by Gasteiger charge is -2.13. The van der Waals surface area contributed by atoms with Crippen LogP contribution in [-0.2, 0) is 4.74 Å². The summed E-state index contributed by atoms with van der Waals surface area (Å²) in [5.74, 6) is 0.0276. The Kier molecular flexibility index (Phi) is 4.84. The molecule has 0 aliphatic carbocycles. The van der Waals surface area contributed by atoms with E-state index < -0.39 is 17.9 Å². The van der Waals surface area contributed by atoms with Crippen LogP contribution in [0.25, 0.3) is 10.3 Å². The first-order valence-electron chi connectivity index (χ1n) is 7.69. The number of aliphatic hydroxyl groups is 1. The summed E-state index contributed by atoms with van der Waals surface area (Å²) in [5.41, 5.74) is -0.190. The Morgan fingerprint density at radius 2 is 2.32 bits per heavy atom. The number of aromatic nitrogens is 3. The number of nitrogens with one attached hydrogen (secondary N) is 1. The highest BCUT2D eigenvalue weighted by Gasteiger charge is 2.36. The zero-order chi connectivity index (χ0) is 18.1. The molecule has 0 radical (unpaired) electrons. The van der Waals surface area contributed by atoms with Crippen LogP contribution in [0.5, 0.6) is 0 Å². The summed E-state index contributed by atoms with van der Waals surface area (Å²) < 4.78 is 7.35. The minimum atomic E-state index is -0.610. The lowest BCUT2D eigenvalue weighted by Crippen LogP contribution is -2.22. The van der Waals surface area contributed by atoms with Crippen LogP contribution in [0.1, 0.15) is 12.6 Å². The molecule has 25 heavy (non-hydrogen) atoms. The second kappa shape index (κ2) is 6.90. The number of hydrogen-bond acceptors (Lipinski definition) is 7. The number of aliphatic hydroxyl groups excluding tert-OH is 1. The van der Waals surface area contributed by atoms with Crippen LogP contribution >= 0.6 is 11.3 Å². The molecule has 0 spiro atoms. The number of thiazole rings is 1. The van der Waals surface area contributed by atoms with Gasteiger partial charge in [0.05, 0.1) is 19.0 Å². The van der Waals surface area contributed by atoms with Crippen molar-refractivity contribution in [3.8, 4) is 0 Å². The Hall–Kier alpha value is -2.30. The molecule has 134 valence electrons. The van der Waals surface area contributed by atoms with Crippen molar-refractivity contribution in [1.29, 1.82) is 0 Å². The van der Waals surface area contributed by atoms with Crippen molar-refractivity contribution in [2.45, 2.75) is 18.8 Å². The number of aliphatic imine (C=N–C) groups is 1. The molecule has 1 aliphatic rings. The van der Waals surface area contributed by atoms with Crippen LogP contribution in [0.4, 0.5) is 5.95 Å². The lowest BCUT2D eigenvalue weighted by molar-refractivity contribution is -0.0264. The molecule has 2 aromatic rings. The maximum Gasteiger partial charge on any atom is 0.311 e. The van der Waals surface area contributed by atoms with Gasteiger partial charge in [-0.25, -0.2) is 4.99 Å². The fourth-order valence-corrected chi connectivity index (χ4v) is 3.59. The summed E-state index contributed by atoms with van der Waals surface area (Å²) in [4.78, 5) is 37.0. The summed E-state index contributed by atoms with van der Waals surface area (Å²) >= 11 is 0.814. The summed E-state index contributed by atoms with van der Waals surface area (Å²) in [6, 6.07) is 0. The van der Waals surface area contributed by atoms with Gasteiger partial charge in [0.25, 0.3) is 5.56 Å². The highest BCUT2D eigenvalue weighted by atomic mass is 32.1. The molecule has 2 N–H and O–H groups in total. The number of fused-ring (bicyclic) bond motifs is 1. The van der Waals surface area contributed by atoms with E-state index in [1.54, 1.807) is 25.1 Å². The van der Waals surface area contributed by atoms with E-state index in [2.05, 4.69) is 21.5 Å². The summed E-state index contributed by atoms with van der Waals surface area (Å²) in [6.45, 7) is 3.57. The Bertz CT molecular complexity index is 928. The standard InChI is InChI=1S/C15H19N5O4S/c1-4-8-5-10(24-9(8)6-21)20-12-11(25-15(20)23)13(22)18-14(17-12)16-7-19(2)3/h4,7-10,21H,1,5-6H2,2-3H3,(H,17,18,22)/b16-7-/t8-,9+,10+/m0/s1. The average molecular weight is 365 g/mol. The normalized spacial score (nSPS) is 23.6. The third-order valence-electron chi connectivity index (χ3n) is 3.93. The maximum atomic E-state index is 12.4. The lowest BCUT2D eigenvalue weighted by atomic mass is 10.0. The van der Waals surface area contributed by atoms with Crippen molar-refractivity contribution in [2.24, 2.45) is 10.9 Å². The van der Waals surface area contributed by atoms with Gasteiger partial charge in [0.2, 0.25) is 5.95 Å². The van der Waals surface area contributed by atoms with Crippen molar-refractivity contribution in [2.75, 3.05) is 20.7 Å². The highest BCUT2D eigenvalue weighted by Crippen LogP contribution is 2.35. The van der Waals surface area contributed by atoms with E-state index in [4.69, 9.17) is 4.74 Å². The molecule has 10 heteroatoms. The topological polar surface area (TPSA) is 113 Å². The molecule has 2 aromatic heterocycles. The van der Waals surface area contributed by atoms with Gasteiger partial charge in [-0.05, 0) is 0 Å². The minimum Gasteiger partial charge on any atom is -0.394 e. The van der Waals surface area contributed by atoms with E-state index in [1.807, 2.05) is 0 Å². The van der Waals surface area contributed by atoms with Gasteiger partial charge in [-0.15, -0.1) is 6.58 Å². The van der Waals surface area contributed by atoms with Crippen molar-refractivity contribution in [3.05, 3.63) is 32.7 Å². The van der Waals surface area contributed by atoms with E-state index in [1.165, 1.54) is 10.9 Å². The van der Waals surface area contributed by atoms with E-state index >= 15 is 0 Å². The van der Waals surface area contributed by atoms with Gasteiger partial charge < -0.3 is 14.7 Å². The van der Waals surface area contributed by atoms with E-state index in [-0.39, 0.29) is 33.7 Å². The summed E-state index contributed by atoms with van der Waals surface area (Å²) in [5, 5.41) is 9.42. The number of H-pyrrole nitrogens is 1. The molecule has 3 rings (SSSR count). The van der Waals surface area contributed by atoms with E-state index in [0.717, 1.165) is 11.3 Å². The molecule has 1 fully saturated rings. The van der Waals surface area contributed by atoms with Crippen molar-refractivity contribution in [1.82, 2.24) is 19.4 Å². The van der Waals surface area contributed by atoms with Crippen LogP contribution in [0, 0.1) is 5.92 Å². The monoisotopic (exact) mass is 365 g/mol. The Morgan fingerprint density at radius 3 is 2.92 bits per heavy atom. The third-order valence-corrected chi connectivity index (χ3v) is 4.87. The number of rotatable bonds is 5. The quantitative estimate of drug-likeness (QED) is 0.452. The molecule has 3 atom stereocenters. The molecule has 3 heterocycles. The molecular weight excluding hydrogens is 346 g/mol. The molecule has 0 bridgehead atoms. The second-order valence-electron chi connectivity index (χ2n) is 5.94. The number of aromatic amines is 1. The van der Waals surface area contributed by atoms with Crippen LogP contribution in [0.2, 0.25) is 0 Å². The van der Waals surface area contributed by atoms with E-state index in [0.29, 0.717) is 6.42 Å². The van der Waals surface area contributed by atoms with Gasteiger partial charge in [0, 0.05) is 26.4 Å². The van der Waals surface area contributed by atoms with Crippen molar-refractivity contribution in [3.63, 3.8) is 0 Å².